The Hall–Kier alpha value is -3.79. The molecule has 34 heavy (non-hydrogen) atoms. The Bertz CT molecular complexity index is 1120. The van der Waals surface area contributed by atoms with Crippen molar-refractivity contribution in [3.63, 3.8) is 0 Å². The van der Waals surface area contributed by atoms with E-state index in [0.29, 0.717) is 47.8 Å². The maximum absolute atomic E-state index is 12.8. The fourth-order valence-electron chi connectivity index (χ4n) is 3.09. The summed E-state index contributed by atoms with van der Waals surface area (Å²) < 4.78 is 22.3. The molecule has 0 aliphatic rings. The number of benzene rings is 2. The lowest BCUT2D eigenvalue weighted by Gasteiger charge is -2.17. The smallest absolute Gasteiger partial charge is 0.289 e. The van der Waals surface area contributed by atoms with Gasteiger partial charge in [0.15, 0.2) is 11.5 Å². The van der Waals surface area contributed by atoms with E-state index >= 15 is 0 Å². The predicted octanol–water partition coefficient (Wildman–Crippen LogP) is 4.09. The van der Waals surface area contributed by atoms with Gasteiger partial charge in [0, 0.05) is 10.9 Å². The first kappa shape index (κ1) is 24.8. The van der Waals surface area contributed by atoms with Crippen molar-refractivity contribution in [2.75, 3.05) is 26.9 Å². The number of thiazole rings is 1. The van der Waals surface area contributed by atoms with Crippen LogP contribution in [0.25, 0.3) is 10.6 Å². The van der Waals surface area contributed by atoms with Crippen LogP contribution >= 0.6 is 11.3 Å². The number of carbonyl (C=O) groups is 2. The van der Waals surface area contributed by atoms with Crippen LogP contribution in [0.5, 0.6) is 23.0 Å². The van der Waals surface area contributed by atoms with Crippen LogP contribution < -0.4 is 29.8 Å². The van der Waals surface area contributed by atoms with Gasteiger partial charge < -0.3 is 18.9 Å². The fourth-order valence-corrected chi connectivity index (χ4v) is 3.92. The number of amides is 2. The van der Waals surface area contributed by atoms with E-state index in [0.717, 1.165) is 5.56 Å². The van der Waals surface area contributed by atoms with Crippen molar-refractivity contribution in [2.24, 2.45) is 0 Å². The molecule has 2 amide bonds. The van der Waals surface area contributed by atoms with Crippen molar-refractivity contribution in [3.05, 3.63) is 53.0 Å². The summed E-state index contributed by atoms with van der Waals surface area (Å²) >= 11 is 1.30. The zero-order valence-corrected chi connectivity index (χ0v) is 20.3. The molecule has 3 aromatic rings. The fraction of sp³-hybridized carbons (Fsp3) is 0.292. The Morgan fingerprint density at radius 2 is 1.50 bits per heavy atom. The first-order chi connectivity index (χ1) is 16.5. The van der Waals surface area contributed by atoms with Crippen LogP contribution in [-0.4, -0.2) is 43.7 Å². The Balaban J connectivity index is 1.74. The van der Waals surface area contributed by atoms with Gasteiger partial charge in [-0.25, -0.2) is 4.98 Å². The summed E-state index contributed by atoms with van der Waals surface area (Å²) in [6, 6.07) is 10.5. The van der Waals surface area contributed by atoms with Crippen LogP contribution in [0.15, 0.2) is 41.8 Å². The number of hydrazine groups is 1. The summed E-state index contributed by atoms with van der Waals surface area (Å²) in [6.07, 6.45) is 0. The first-order valence-electron chi connectivity index (χ1n) is 10.8. The molecule has 2 aromatic carbocycles. The summed E-state index contributed by atoms with van der Waals surface area (Å²) in [5.74, 6) is 0.756. The number of methoxy groups -OCH3 is 1. The molecule has 0 aliphatic heterocycles. The molecule has 3 rings (SSSR count). The third-order valence-electron chi connectivity index (χ3n) is 4.54. The molecule has 0 aliphatic carbocycles. The second kappa shape index (κ2) is 11.9. The summed E-state index contributed by atoms with van der Waals surface area (Å²) in [5.41, 5.74) is 5.99. The van der Waals surface area contributed by atoms with Gasteiger partial charge in [0.25, 0.3) is 11.8 Å². The highest BCUT2D eigenvalue weighted by Crippen LogP contribution is 2.39. The van der Waals surface area contributed by atoms with E-state index < -0.39 is 11.8 Å². The van der Waals surface area contributed by atoms with Gasteiger partial charge in [-0.3, -0.25) is 20.4 Å². The third kappa shape index (κ3) is 5.76. The Labute approximate surface area is 202 Å². The van der Waals surface area contributed by atoms with E-state index in [4.69, 9.17) is 18.9 Å². The number of aromatic nitrogens is 1. The molecule has 0 spiro atoms. The number of hydrogen-bond donors (Lipinski definition) is 2. The predicted molar refractivity (Wildman–Crippen MR) is 129 cm³/mol. The van der Waals surface area contributed by atoms with E-state index in [1.165, 1.54) is 11.3 Å². The Morgan fingerprint density at radius 3 is 2.12 bits per heavy atom. The van der Waals surface area contributed by atoms with Crippen molar-refractivity contribution >= 4 is 23.2 Å². The van der Waals surface area contributed by atoms with Gasteiger partial charge in [0.2, 0.25) is 5.75 Å². The molecule has 0 fully saturated rings. The van der Waals surface area contributed by atoms with Crippen molar-refractivity contribution in [1.82, 2.24) is 15.8 Å². The topological polar surface area (TPSA) is 108 Å². The summed E-state index contributed by atoms with van der Waals surface area (Å²) in [6.45, 7) is 6.68. The van der Waals surface area contributed by atoms with E-state index in [1.54, 1.807) is 24.6 Å². The van der Waals surface area contributed by atoms with Gasteiger partial charge in [-0.2, -0.15) is 0 Å². The summed E-state index contributed by atoms with van der Waals surface area (Å²) in [5, 5.41) is 2.24. The molecule has 0 saturated carbocycles. The van der Waals surface area contributed by atoms with Crippen LogP contribution in [0, 0.1) is 0 Å². The van der Waals surface area contributed by atoms with Crippen molar-refractivity contribution in [1.29, 1.82) is 0 Å². The highest BCUT2D eigenvalue weighted by molar-refractivity contribution is 7.13. The van der Waals surface area contributed by atoms with E-state index in [9.17, 15) is 9.59 Å². The lowest BCUT2D eigenvalue weighted by atomic mass is 10.1. The lowest BCUT2D eigenvalue weighted by Crippen LogP contribution is -2.41. The number of ether oxygens (including phenoxy) is 4. The van der Waals surface area contributed by atoms with Crippen molar-refractivity contribution in [2.45, 2.75) is 20.8 Å². The van der Waals surface area contributed by atoms with Crippen LogP contribution in [0.2, 0.25) is 0 Å². The molecule has 0 unspecified atom stereocenters. The molecular weight excluding hydrogens is 458 g/mol. The number of hydrogen-bond acceptors (Lipinski definition) is 8. The normalized spacial score (nSPS) is 10.4. The van der Waals surface area contributed by atoms with Gasteiger partial charge in [0.1, 0.15) is 16.5 Å². The Kier molecular flexibility index (Phi) is 8.69. The second-order valence-electron chi connectivity index (χ2n) is 6.75. The number of nitrogens with one attached hydrogen (secondary N) is 2. The number of nitrogens with zero attached hydrogens (tertiary/aromatic N) is 1. The SMILES string of the molecule is CCOc1cc(C(=O)NNC(=O)c2csc(-c3ccccc3OC)n2)cc(OCC)c1OCC. The summed E-state index contributed by atoms with van der Waals surface area (Å²) in [4.78, 5) is 29.7. The summed E-state index contributed by atoms with van der Waals surface area (Å²) in [7, 11) is 1.57. The van der Waals surface area contributed by atoms with Gasteiger partial charge >= 0.3 is 0 Å². The minimum Gasteiger partial charge on any atom is -0.496 e. The van der Waals surface area contributed by atoms with Crippen molar-refractivity contribution < 1.29 is 28.5 Å². The molecule has 2 N–H and O–H groups in total. The van der Waals surface area contributed by atoms with Crippen LogP contribution in [0.3, 0.4) is 0 Å². The van der Waals surface area contributed by atoms with Crippen LogP contribution in [0.4, 0.5) is 0 Å². The molecule has 0 bridgehead atoms. The van der Waals surface area contributed by atoms with Gasteiger partial charge in [-0.15, -0.1) is 11.3 Å². The molecular formula is C24H27N3O6S. The number of rotatable bonds is 10. The molecule has 0 radical (unpaired) electrons. The minimum atomic E-state index is -0.549. The molecule has 10 heteroatoms. The van der Waals surface area contributed by atoms with Gasteiger partial charge in [0.05, 0.1) is 32.5 Å². The standard InChI is InChI=1S/C24H27N3O6S/c1-5-31-19-12-15(13-20(32-6-2)21(19)33-7-3)22(28)26-27-23(29)17-14-34-24(25-17)16-10-8-9-11-18(16)30-4/h8-14H,5-7H2,1-4H3,(H,26,28)(H,27,29). The third-order valence-corrected chi connectivity index (χ3v) is 5.41. The Morgan fingerprint density at radius 1 is 0.882 bits per heavy atom. The highest BCUT2D eigenvalue weighted by Gasteiger charge is 2.20. The average molecular weight is 486 g/mol. The van der Waals surface area contributed by atoms with Crippen molar-refractivity contribution in [3.8, 4) is 33.6 Å². The highest BCUT2D eigenvalue weighted by atomic mass is 32.1. The maximum Gasteiger partial charge on any atom is 0.289 e. The first-order valence-corrected chi connectivity index (χ1v) is 11.7. The monoisotopic (exact) mass is 485 g/mol. The number of para-hydroxylation sites is 1. The van der Waals surface area contributed by atoms with Crippen LogP contribution in [0.1, 0.15) is 41.6 Å². The maximum atomic E-state index is 12.8. The molecule has 180 valence electrons. The quantitative estimate of drug-likeness (QED) is 0.417. The molecule has 1 aromatic heterocycles. The van der Waals surface area contributed by atoms with E-state index in [-0.39, 0.29) is 11.3 Å². The second-order valence-corrected chi connectivity index (χ2v) is 7.61. The molecule has 0 saturated heterocycles. The van der Waals surface area contributed by atoms with E-state index in [2.05, 4.69) is 15.8 Å². The molecule has 0 atom stereocenters. The van der Waals surface area contributed by atoms with Gasteiger partial charge in [-0.1, -0.05) is 12.1 Å². The lowest BCUT2D eigenvalue weighted by molar-refractivity contribution is 0.0844. The zero-order valence-electron chi connectivity index (χ0n) is 19.5. The largest absolute Gasteiger partial charge is 0.496 e. The zero-order chi connectivity index (χ0) is 24.5. The molecule has 1 heterocycles. The van der Waals surface area contributed by atoms with E-state index in [1.807, 2.05) is 45.0 Å². The van der Waals surface area contributed by atoms with Gasteiger partial charge in [-0.05, 0) is 45.0 Å². The number of carbonyl (C=O) groups excluding carboxylic acids is 2. The average Bonchev–Trinajstić information content (AvgIpc) is 3.34. The van der Waals surface area contributed by atoms with Crippen LogP contribution in [-0.2, 0) is 0 Å². The molecule has 9 nitrogen and oxygen atoms in total. The minimum absolute atomic E-state index is 0.169.